The van der Waals surface area contributed by atoms with Gasteiger partial charge in [-0.15, -0.1) is 0 Å². The van der Waals surface area contributed by atoms with Crippen LogP contribution in [0.3, 0.4) is 0 Å². The van der Waals surface area contributed by atoms with E-state index in [9.17, 15) is 19.5 Å². The number of hydrogen-bond donors (Lipinski definition) is 3. The zero-order chi connectivity index (χ0) is 19.6. The second-order valence-electron chi connectivity index (χ2n) is 5.95. The third-order valence-electron chi connectivity index (χ3n) is 3.71. The molecule has 0 radical (unpaired) electrons. The highest BCUT2D eigenvalue weighted by molar-refractivity contribution is 5.97. The van der Waals surface area contributed by atoms with E-state index in [1.165, 1.54) is 12.1 Å². The van der Waals surface area contributed by atoms with Crippen LogP contribution in [0.15, 0.2) is 48.5 Å². The van der Waals surface area contributed by atoms with Crippen LogP contribution in [-0.2, 0) is 20.9 Å². The van der Waals surface area contributed by atoms with Crippen molar-refractivity contribution in [1.29, 1.82) is 0 Å². The summed E-state index contributed by atoms with van der Waals surface area (Å²) in [5.74, 6) is -1.51. The van der Waals surface area contributed by atoms with E-state index in [1.807, 2.05) is 30.3 Å². The number of rotatable bonds is 8. The minimum absolute atomic E-state index is 0.00429. The molecule has 0 spiro atoms. The molecule has 2 aromatic rings. The zero-order valence-electron chi connectivity index (χ0n) is 15.0. The van der Waals surface area contributed by atoms with Gasteiger partial charge in [-0.25, -0.2) is 0 Å². The van der Waals surface area contributed by atoms with Gasteiger partial charge in [-0.2, -0.15) is 0 Å². The highest BCUT2D eigenvalue weighted by Crippen LogP contribution is 2.17. The number of aromatic hydroxyl groups is 1. The Labute approximate surface area is 157 Å². The molecule has 0 atom stereocenters. The molecule has 0 fully saturated rings. The predicted molar refractivity (Wildman–Crippen MR) is 99.0 cm³/mol. The first-order chi connectivity index (χ1) is 13.0. The van der Waals surface area contributed by atoms with E-state index in [2.05, 4.69) is 10.6 Å². The number of benzene rings is 2. The van der Waals surface area contributed by atoms with Crippen LogP contribution >= 0.6 is 0 Å². The highest BCUT2D eigenvalue weighted by atomic mass is 16.5. The Morgan fingerprint density at radius 1 is 1.04 bits per heavy atom. The number of carbonyl (C=O) groups excluding carboxylic acids is 3. The molecule has 0 aliphatic heterocycles. The molecular formula is C20H22N2O5. The maximum absolute atomic E-state index is 12.0. The van der Waals surface area contributed by atoms with Crippen LogP contribution in [0.4, 0.5) is 0 Å². The minimum atomic E-state index is -0.541. The van der Waals surface area contributed by atoms with Crippen molar-refractivity contribution < 1.29 is 24.2 Å². The molecule has 0 saturated heterocycles. The lowest BCUT2D eigenvalue weighted by atomic mass is 10.1. The van der Waals surface area contributed by atoms with Crippen LogP contribution < -0.4 is 10.6 Å². The lowest BCUT2D eigenvalue weighted by Gasteiger charge is -2.08. The summed E-state index contributed by atoms with van der Waals surface area (Å²) in [6, 6.07) is 13.9. The van der Waals surface area contributed by atoms with Crippen molar-refractivity contribution in [3.63, 3.8) is 0 Å². The second kappa shape index (κ2) is 9.96. The average molecular weight is 370 g/mol. The standard InChI is InChI=1S/C20H22N2O5/c1-14-7-8-16(17(23)11-14)20(26)21-10-9-18(24)22-12-19(25)27-13-15-5-3-2-4-6-15/h2-8,11,23H,9-10,12-13H2,1H3,(H,21,26)(H,22,24). The monoisotopic (exact) mass is 370 g/mol. The predicted octanol–water partition coefficient (Wildman–Crippen LogP) is 1.68. The van der Waals surface area contributed by atoms with Crippen LogP contribution in [-0.4, -0.2) is 36.0 Å². The summed E-state index contributed by atoms with van der Waals surface area (Å²) in [6.45, 7) is 1.79. The van der Waals surface area contributed by atoms with Crippen molar-refractivity contribution in [1.82, 2.24) is 10.6 Å². The Morgan fingerprint density at radius 2 is 1.78 bits per heavy atom. The van der Waals surface area contributed by atoms with Gasteiger partial charge in [0.2, 0.25) is 5.91 Å². The lowest BCUT2D eigenvalue weighted by Crippen LogP contribution is -2.34. The van der Waals surface area contributed by atoms with Gasteiger partial charge in [-0.05, 0) is 30.2 Å². The van der Waals surface area contributed by atoms with Crippen molar-refractivity contribution in [2.45, 2.75) is 20.0 Å². The first-order valence-electron chi connectivity index (χ1n) is 8.50. The highest BCUT2D eigenvalue weighted by Gasteiger charge is 2.12. The van der Waals surface area contributed by atoms with Gasteiger partial charge in [-0.3, -0.25) is 14.4 Å². The third kappa shape index (κ3) is 6.81. The van der Waals surface area contributed by atoms with Crippen LogP contribution in [0.2, 0.25) is 0 Å². The maximum Gasteiger partial charge on any atom is 0.325 e. The number of carbonyl (C=O) groups is 3. The molecule has 0 aliphatic carbocycles. The maximum atomic E-state index is 12.0. The van der Waals surface area contributed by atoms with E-state index in [0.29, 0.717) is 0 Å². The number of nitrogens with one attached hydrogen (secondary N) is 2. The van der Waals surface area contributed by atoms with Crippen LogP contribution in [0.1, 0.15) is 27.9 Å². The van der Waals surface area contributed by atoms with E-state index in [1.54, 1.807) is 13.0 Å². The smallest absolute Gasteiger partial charge is 0.325 e. The molecule has 0 unspecified atom stereocenters. The number of ether oxygens (including phenoxy) is 1. The molecular weight excluding hydrogens is 348 g/mol. The van der Waals surface area contributed by atoms with Gasteiger partial charge < -0.3 is 20.5 Å². The third-order valence-corrected chi connectivity index (χ3v) is 3.71. The molecule has 3 N–H and O–H groups in total. The average Bonchev–Trinajstić information content (AvgIpc) is 2.65. The van der Waals surface area contributed by atoms with E-state index in [-0.39, 0.29) is 43.3 Å². The number of phenolic OH excluding ortho intramolecular Hbond substituents is 1. The van der Waals surface area contributed by atoms with E-state index < -0.39 is 11.9 Å². The van der Waals surface area contributed by atoms with Gasteiger partial charge >= 0.3 is 5.97 Å². The van der Waals surface area contributed by atoms with Crippen molar-refractivity contribution in [2.75, 3.05) is 13.1 Å². The van der Waals surface area contributed by atoms with Gasteiger partial charge in [0, 0.05) is 13.0 Å². The van der Waals surface area contributed by atoms with Crippen LogP contribution in [0.5, 0.6) is 5.75 Å². The first-order valence-corrected chi connectivity index (χ1v) is 8.50. The first kappa shape index (κ1) is 20.0. The Balaban J connectivity index is 1.64. The van der Waals surface area contributed by atoms with Crippen molar-refractivity contribution >= 4 is 17.8 Å². The molecule has 0 saturated carbocycles. The summed E-state index contributed by atoms with van der Waals surface area (Å²) in [7, 11) is 0. The molecule has 142 valence electrons. The Bertz CT molecular complexity index is 805. The summed E-state index contributed by atoms with van der Waals surface area (Å²) in [5.41, 5.74) is 1.84. The zero-order valence-corrected chi connectivity index (χ0v) is 15.0. The molecule has 0 aliphatic rings. The fourth-order valence-corrected chi connectivity index (χ4v) is 2.27. The molecule has 0 bridgehead atoms. The van der Waals surface area contributed by atoms with Crippen molar-refractivity contribution in [2.24, 2.45) is 0 Å². The molecule has 0 heterocycles. The normalized spacial score (nSPS) is 10.1. The summed E-state index contributed by atoms with van der Waals surface area (Å²) in [4.78, 5) is 35.3. The SMILES string of the molecule is Cc1ccc(C(=O)NCCC(=O)NCC(=O)OCc2ccccc2)c(O)c1. The summed E-state index contributed by atoms with van der Waals surface area (Å²) < 4.78 is 5.05. The second-order valence-corrected chi connectivity index (χ2v) is 5.95. The molecule has 27 heavy (non-hydrogen) atoms. The lowest BCUT2D eigenvalue weighted by molar-refractivity contribution is -0.145. The fourth-order valence-electron chi connectivity index (χ4n) is 2.27. The molecule has 2 rings (SSSR count). The molecule has 2 amide bonds. The van der Waals surface area contributed by atoms with E-state index >= 15 is 0 Å². The van der Waals surface area contributed by atoms with E-state index in [0.717, 1.165) is 11.1 Å². The van der Waals surface area contributed by atoms with Gasteiger partial charge in [0.1, 0.15) is 18.9 Å². The Morgan fingerprint density at radius 3 is 2.48 bits per heavy atom. The van der Waals surface area contributed by atoms with E-state index in [4.69, 9.17) is 4.74 Å². The molecule has 7 nitrogen and oxygen atoms in total. The quantitative estimate of drug-likeness (QED) is 0.613. The topological polar surface area (TPSA) is 105 Å². The summed E-state index contributed by atoms with van der Waals surface area (Å²) in [6.07, 6.45) is 0.00429. The van der Waals surface area contributed by atoms with Crippen molar-refractivity contribution in [3.8, 4) is 5.75 Å². The minimum Gasteiger partial charge on any atom is -0.507 e. The summed E-state index contributed by atoms with van der Waals surface area (Å²) >= 11 is 0. The van der Waals surface area contributed by atoms with Gasteiger partial charge in [-0.1, -0.05) is 36.4 Å². The molecule has 7 heteroatoms. The number of amides is 2. The van der Waals surface area contributed by atoms with Crippen molar-refractivity contribution in [3.05, 3.63) is 65.2 Å². The van der Waals surface area contributed by atoms with Gasteiger partial charge in [0.25, 0.3) is 5.91 Å². The van der Waals surface area contributed by atoms with Gasteiger partial charge in [0.05, 0.1) is 5.56 Å². The fraction of sp³-hybridized carbons (Fsp3) is 0.250. The Hall–Kier alpha value is -3.35. The number of esters is 1. The summed E-state index contributed by atoms with van der Waals surface area (Å²) in [5, 5.41) is 14.7. The number of phenols is 1. The largest absolute Gasteiger partial charge is 0.507 e. The van der Waals surface area contributed by atoms with Gasteiger partial charge in [0.15, 0.2) is 0 Å². The Kier molecular flexibility index (Phi) is 7.37. The number of aryl methyl sites for hydroxylation is 1. The van der Waals surface area contributed by atoms with Crippen LogP contribution in [0.25, 0.3) is 0 Å². The van der Waals surface area contributed by atoms with Crippen LogP contribution in [0, 0.1) is 6.92 Å². The molecule has 0 aromatic heterocycles. The number of hydrogen-bond acceptors (Lipinski definition) is 5. The molecule has 2 aromatic carbocycles.